The summed E-state index contributed by atoms with van der Waals surface area (Å²) in [5.74, 6) is -0.784. The molecule has 0 aromatic heterocycles. The van der Waals surface area contributed by atoms with Crippen LogP contribution in [0.5, 0.6) is 0 Å². The molecule has 5 nitrogen and oxygen atoms in total. The van der Waals surface area contributed by atoms with Crippen molar-refractivity contribution >= 4 is 39.2 Å². The number of halogens is 2. The van der Waals surface area contributed by atoms with Gasteiger partial charge in [-0.15, -0.1) is 0 Å². The Hall–Kier alpha value is -2.41. The molecule has 126 valence electrons. The van der Waals surface area contributed by atoms with Crippen LogP contribution in [0, 0.1) is 5.82 Å². The van der Waals surface area contributed by atoms with Gasteiger partial charge in [-0.3, -0.25) is 4.79 Å². The number of urea groups is 1. The van der Waals surface area contributed by atoms with Crippen LogP contribution in [0.25, 0.3) is 0 Å². The quantitative estimate of drug-likeness (QED) is 0.721. The molecule has 2 aromatic rings. The molecule has 3 N–H and O–H groups in total. The molecule has 0 aliphatic heterocycles. The summed E-state index contributed by atoms with van der Waals surface area (Å²) >= 11 is 3.16. The lowest BCUT2D eigenvalue weighted by molar-refractivity contribution is 0.102. The molecule has 0 fully saturated rings. The number of carbonyl (C=O) groups excluding carboxylic acids is 2. The first kappa shape index (κ1) is 17.9. The number of benzene rings is 2. The van der Waals surface area contributed by atoms with Gasteiger partial charge >= 0.3 is 6.03 Å². The molecule has 2 rings (SSSR count). The molecule has 0 unspecified atom stereocenters. The fourth-order valence-electron chi connectivity index (χ4n) is 1.94. The van der Waals surface area contributed by atoms with Crippen molar-refractivity contribution in [3.8, 4) is 0 Å². The van der Waals surface area contributed by atoms with Gasteiger partial charge in [-0.05, 0) is 72.2 Å². The molecule has 0 aliphatic carbocycles. The molecule has 0 atom stereocenters. The Kier molecular flexibility index (Phi) is 5.92. The van der Waals surface area contributed by atoms with Gasteiger partial charge in [0.1, 0.15) is 5.82 Å². The summed E-state index contributed by atoms with van der Waals surface area (Å²) in [6, 6.07) is 10.3. The summed E-state index contributed by atoms with van der Waals surface area (Å²) in [5.41, 5.74) is 1.50. The van der Waals surface area contributed by atoms with Gasteiger partial charge in [-0.1, -0.05) is 0 Å². The maximum absolute atomic E-state index is 13.1. The Morgan fingerprint density at radius 2 is 1.58 bits per heavy atom. The first-order valence-corrected chi connectivity index (χ1v) is 8.08. The lowest BCUT2D eigenvalue weighted by Crippen LogP contribution is -2.34. The van der Waals surface area contributed by atoms with E-state index in [1.165, 1.54) is 18.2 Å². The van der Waals surface area contributed by atoms with Gasteiger partial charge in [0, 0.05) is 21.9 Å². The van der Waals surface area contributed by atoms with Crippen LogP contribution in [-0.4, -0.2) is 18.0 Å². The molecule has 3 amide bonds. The van der Waals surface area contributed by atoms with E-state index in [4.69, 9.17) is 0 Å². The Morgan fingerprint density at radius 1 is 1.00 bits per heavy atom. The Bertz CT molecular complexity index is 748. The lowest BCUT2D eigenvalue weighted by atomic mass is 10.2. The smallest absolute Gasteiger partial charge is 0.319 e. The third-order valence-electron chi connectivity index (χ3n) is 3.00. The number of hydrogen-bond donors (Lipinski definition) is 3. The minimum Gasteiger partial charge on any atom is -0.336 e. The zero-order valence-corrected chi connectivity index (χ0v) is 14.8. The van der Waals surface area contributed by atoms with Crippen molar-refractivity contribution in [1.29, 1.82) is 0 Å². The van der Waals surface area contributed by atoms with Crippen LogP contribution in [0.2, 0.25) is 0 Å². The van der Waals surface area contributed by atoms with Crippen LogP contribution >= 0.6 is 15.9 Å². The summed E-state index contributed by atoms with van der Waals surface area (Å²) in [4.78, 5) is 23.8. The van der Waals surface area contributed by atoms with Gasteiger partial charge in [-0.2, -0.15) is 0 Å². The highest BCUT2D eigenvalue weighted by Gasteiger charge is 2.11. The van der Waals surface area contributed by atoms with Gasteiger partial charge in [0.25, 0.3) is 5.91 Å². The Morgan fingerprint density at radius 3 is 2.12 bits per heavy atom. The first-order chi connectivity index (χ1) is 11.3. The summed E-state index contributed by atoms with van der Waals surface area (Å²) in [7, 11) is 0. The SMILES string of the molecule is CC(C)NC(=O)Nc1ccc(NC(=O)c2ccc(F)cc2Br)cc1. The van der Waals surface area contributed by atoms with Gasteiger partial charge in [-0.25, -0.2) is 9.18 Å². The lowest BCUT2D eigenvalue weighted by Gasteiger charge is -2.11. The predicted molar refractivity (Wildman–Crippen MR) is 95.8 cm³/mol. The first-order valence-electron chi connectivity index (χ1n) is 7.29. The largest absolute Gasteiger partial charge is 0.336 e. The molecule has 0 saturated heterocycles. The molecular formula is C17H17BrFN3O2. The monoisotopic (exact) mass is 393 g/mol. The highest BCUT2D eigenvalue weighted by atomic mass is 79.9. The van der Waals surface area contributed by atoms with Gasteiger partial charge in [0.15, 0.2) is 0 Å². The van der Waals surface area contributed by atoms with Crippen LogP contribution in [0.1, 0.15) is 24.2 Å². The van der Waals surface area contributed by atoms with Crippen molar-refractivity contribution in [2.75, 3.05) is 10.6 Å². The van der Waals surface area contributed by atoms with E-state index in [1.807, 2.05) is 13.8 Å². The van der Waals surface area contributed by atoms with Gasteiger partial charge < -0.3 is 16.0 Å². The Balaban J connectivity index is 2.01. The molecule has 0 aliphatic rings. The molecule has 0 bridgehead atoms. The van der Waals surface area contributed by atoms with Crippen molar-refractivity contribution < 1.29 is 14.0 Å². The minimum atomic E-state index is -0.423. The Labute approximate surface area is 147 Å². The number of carbonyl (C=O) groups is 2. The summed E-state index contributed by atoms with van der Waals surface area (Å²) in [6.07, 6.45) is 0. The van der Waals surface area contributed by atoms with E-state index in [9.17, 15) is 14.0 Å². The van der Waals surface area contributed by atoms with E-state index in [0.717, 1.165) is 0 Å². The zero-order valence-electron chi connectivity index (χ0n) is 13.2. The average Bonchev–Trinajstić information content (AvgIpc) is 2.48. The molecule has 7 heteroatoms. The molecule has 24 heavy (non-hydrogen) atoms. The van der Waals surface area contributed by atoms with Crippen LogP contribution < -0.4 is 16.0 Å². The van der Waals surface area contributed by atoms with Crippen molar-refractivity contribution in [3.63, 3.8) is 0 Å². The number of anilines is 2. The van der Waals surface area contributed by atoms with Crippen molar-refractivity contribution in [1.82, 2.24) is 5.32 Å². The van der Waals surface area contributed by atoms with E-state index in [1.54, 1.807) is 24.3 Å². The number of amides is 3. The van der Waals surface area contributed by atoms with E-state index in [-0.39, 0.29) is 18.0 Å². The van der Waals surface area contributed by atoms with E-state index in [2.05, 4.69) is 31.9 Å². The third-order valence-corrected chi connectivity index (χ3v) is 3.65. The number of hydrogen-bond acceptors (Lipinski definition) is 2. The highest BCUT2D eigenvalue weighted by molar-refractivity contribution is 9.10. The maximum Gasteiger partial charge on any atom is 0.319 e. The molecule has 0 spiro atoms. The van der Waals surface area contributed by atoms with Crippen molar-refractivity contribution in [2.24, 2.45) is 0 Å². The van der Waals surface area contributed by atoms with Crippen LogP contribution in [0.15, 0.2) is 46.9 Å². The normalized spacial score (nSPS) is 10.4. The predicted octanol–water partition coefficient (Wildman–Crippen LogP) is 4.37. The van der Waals surface area contributed by atoms with Crippen LogP contribution in [0.4, 0.5) is 20.6 Å². The van der Waals surface area contributed by atoms with E-state index >= 15 is 0 Å². The molecule has 0 radical (unpaired) electrons. The van der Waals surface area contributed by atoms with Crippen LogP contribution in [-0.2, 0) is 0 Å². The van der Waals surface area contributed by atoms with E-state index in [0.29, 0.717) is 21.4 Å². The molecular weight excluding hydrogens is 377 g/mol. The second kappa shape index (κ2) is 7.92. The second-order valence-electron chi connectivity index (χ2n) is 5.41. The van der Waals surface area contributed by atoms with Crippen LogP contribution in [0.3, 0.4) is 0 Å². The van der Waals surface area contributed by atoms with E-state index < -0.39 is 5.82 Å². The fourth-order valence-corrected chi connectivity index (χ4v) is 2.47. The number of nitrogens with one attached hydrogen (secondary N) is 3. The highest BCUT2D eigenvalue weighted by Crippen LogP contribution is 2.20. The molecule has 2 aromatic carbocycles. The average molecular weight is 394 g/mol. The van der Waals surface area contributed by atoms with Crippen molar-refractivity contribution in [2.45, 2.75) is 19.9 Å². The molecule has 0 saturated carbocycles. The zero-order chi connectivity index (χ0) is 17.7. The second-order valence-corrected chi connectivity index (χ2v) is 6.26. The topological polar surface area (TPSA) is 70.2 Å². The maximum atomic E-state index is 13.1. The van der Waals surface area contributed by atoms with Gasteiger partial charge in [0.2, 0.25) is 0 Å². The summed E-state index contributed by atoms with van der Waals surface area (Å²) < 4.78 is 13.4. The number of rotatable bonds is 4. The van der Waals surface area contributed by atoms with Crippen molar-refractivity contribution in [3.05, 3.63) is 58.3 Å². The third kappa shape index (κ3) is 5.06. The summed E-state index contributed by atoms with van der Waals surface area (Å²) in [6.45, 7) is 3.73. The van der Waals surface area contributed by atoms with Gasteiger partial charge in [0.05, 0.1) is 5.56 Å². The minimum absolute atomic E-state index is 0.0396. The standard InChI is InChI=1S/C17H17BrFN3O2/c1-10(2)20-17(24)22-13-6-4-12(5-7-13)21-16(23)14-8-3-11(19)9-15(14)18/h3-10H,1-2H3,(H,21,23)(H2,20,22,24). The molecule has 0 heterocycles. The fraction of sp³-hybridized carbons (Fsp3) is 0.176. The summed E-state index contributed by atoms with van der Waals surface area (Å²) in [5, 5.41) is 8.12.